The molecule has 0 bridgehead atoms. The summed E-state index contributed by atoms with van der Waals surface area (Å²) in [6.45, 7) is 0.614. The van der Waals surface area contributed by atoms with Crippen molar-refractivity contribution >= 4 is 17.6 Å². The summed E-state index contributed by atoms with van der Waals surface area (Å²) in [6, 6.07) is 7.45. The summed E-state index contributed by atoms with van der Waals surface area (Å²) in [5, 5.41) is 5.77. The molecule has 3 amide bonds. The second-order valence-electron chi connectivity index (χ2n) is 6.40. The first-order valence-corrected chi connectivity index (χ1v) is 8.56. The highest BCUT2D eigenvalue weighted by molar-refractivity contribution is 5.89. The number of urea groups is 1. The van der Waals surface area contributed by atoms with Crippen LogP contribution in [0.15, 0.2) is 35.9 Å². The van der Waals surface area contributed by atoms with Gasteiger partial charge in [0.25, 0.3) is 0 Å². The molecule has 2 rings (SSSR count). The summed E-state index contributed by atoms with van der Waals surface area (Å²) < 4.78 is 0. The van der Waals surface area contributed by atoms with Crippen molar-refractivity contribution in [1.29, 1.82) is 0 Å². The summed E-state index contributed by atoms with van der Waals surface area (Å²) in [4.78, 5) is 25.3. The molecule has 0 unspecified atom stereocenters. The highest BCUT2D eigenvalue weighted by atomic mass is 16.2. The summed E-state index contributed by atoms with van der Waals surface area (Å²) in [6.07, 6.45) is 8.02. The lowest BCUT2D eigenvalue weighted by atomic mass is 10.00. The van der Waals surface area contributed by atoms with Crippen LogP contribution in [0.1, 0.15) is 37.7 Å². The maximum absolute atomic E-state index is 12.0. The van der Waals surface area contributed by atoms with Crippen LogP contribution in [0.2, 0.25) is 0 Å². The van der Waals surface area contributed by atoms with E-state index in [0.29, 0.717) is 19.4 Å². The first-order chi connectivity index (χ1) is 11.5. The van der Waals surface area contributed by atoms with Gasteiger partial charge in [-0.05, 0) is 49.8 Å². The van der Waals surface area contributed by atoms with E-state index in [1.54, 1.807) is 19.0 Å². The number of hydrogen-bond acceptors (Lipinski definition) is 2. The highest BCUT2D eigenvalue weighted by Gasteiger charge is 2.08. The van der Waals surface area contributed by atoms with Crippen molar-refractivity contribution < 1.29 is 9.59 Å². The van der Waals surface area contributed by atoms with Gasteiger partial charge in [-0.1, -0.05) is 23.8 Å². The molecule has 0 saturated heterocycles. The molecule has 5 nitrogen and oxygen atoms in total. The Kier molecular flexibility index (Phi) is 6.85. The zero-order valence-corrected chi connectivity index (χ0v) is 14.6. The maximum Gasteiger partial charge on any atom is 0.319 e. The molecule has 0 aliphatic heterocycles. The number of benzene rings is 1. The summed E-state index contributed by atoms with van der Waals surface area (Å²) in [7, 11) is 3.51. The zero-order chi connectivity index (χ0) is 17.4. The molecule has 0 radical (unpaired) electrons. The van der Waals surface area contributed by atoms with Gasteiger partial charge in [-0.25, -0.2) is 4.79 Å². The van der Waals surface area contributed by atoms with Crippen molar-refractivity contribution in [1.82, 2.24) is 10.2 Å². The smallest absolute Gasteiger partial charge is 0.319 e. The number of nitrogens with one attached hydrogen (secondary N) is 2. The van der Waals surface area contributed by atoms with E-state index in [9.17, 15) is 9.59 Å². The lowest BCUT2D eigenvalue weighted by Gasteiger charge is -2.14. The van der Waals surface area contributed by atoms with Gasteiger partial charge in [0, 0.05) is 32.7 Å². The summed E-state index contributed by atoms with van der Waals surface area (Å²) in [5.41, 5.74) is 3.10. The fourth-order valence-electron chi connectivity index (χ4n) is 2.71. The van der Waals surface area contributed by atoms with Crippen LogP contribution in [0.25, 0.3) is 0 Å². The van der Waals surface area contributed by atoms with E-state index in [0.717, 1.165) is 24.1 Å². The van der Waals surface area contributed by atoms with Crippen LogP contribution in [0.5, 0.6) is 0 Å². The SMILES string of the molecule is CN(C)C(=O)CCc1cccc(NC(=O)NCC2=CCCCC2)c1. The molecule has 0 heterocycles. The Morgan fingerprint density at radius 2 is 2.04 bits per heavy atom. The minimum Gasteiger partial charge on any atom is -0.349 e. The minimum absolute atomic E-state index is 0.104. The third kappa shape index (κ3) is 6.07. The lowest BCUT2D eigenvalue weighted by molar-refractivity contribution is -0.128. The molecule has 5 heteroatoms. The van der Waals surface area contributed by atoms with Crippen LogP contribution in [-0.4, -0.2) is 37.5 Å². The van der Waals surface area contributed by atoms with Crippen LogP contribution < -0.4 is 10.6 Å². The Labute approximate surface area is 144 Å². The molecule has 0 saturated carbocycles. The Morgan fingerprint density at radius 3 is 2.75 bits per heavy atom. The molecule has 24 heavy (non-hydrogen) atoms. The Morgan fingerprint density at radius 1 is 1.21 bits per heavy atom. The van der Waals surface area contributed by atoms with Gasteiger partial charge in [0.2, 0.25) is 5.91 Å². The van der Waals surface area contributed by atoms with Crippen LogP contribution in [0, 0.1) is 0 Å². The predicted molar refractivity (Wildman–Crippen MR) is 97.0 cm³/mol. The molecule has 0 aromatic heterocycles. The van der Waals surface area contributed by atoms with Gasteiger partial charge < -0.3 is 15.5 Å². The van der Waals surface area contributed by atoms with Crippen molar-refractivity contribution in [2.45, 2.75) is 38.5 Å². The van der Waals surface area contributed by atoms with Gasteiger partial charge in [0.1, 0.15) is 0 Å². The average Bonchev–Trinajstić information content (AvgIpc) is 2.59. The first-order valence-electron chi connectivity index (χ1n) is 8.56. The van der Waals surface area contributed by atoms with E-state index in [2.05, 4.69) is 16.7 Å². The molecule has 1 aliphatic rings. The number of hydrogen-bond donors (Lipinski definition) is 2. The van der Waals surface area contributed by atoms with E-state index in [-0.39, 0.29) is 11.9 Å². The largest absolute Gasteiger partial charge is 0.349 e. The van der Waals surface area contributed by atoms with Crippen molar-refractivity contribution in [3.05, 3.63) is 41.5 Å². The third-order valence-corrected chi connectivity index (χ3v) is 4.17. The normalized spacial score (nSPS) is 13.8. The highest BCUT2D eigenvalue weighted by Crippen LogP contribution is 2.16. The van der Waals surface area contributed by atoms with Crippen LogP contribution in [0.3, 0.4) is 0 Å². The fraction of sp³-hybridized carbons (Fsp3) is 0.474. The predicted octanol–water partition coefficient (Wildman–Crippen LogP) is 3.33. The van der Waals surface area contributed by atoms with Crippen LogP contribution in [-0.2, 0) is 11.2 Å². The second-order valence-corrected chi connectivity index (χ2v) is 6.40. The second kappa shape index (κ2) is 9.11. The number of rotatable bonds is 6. The minimum atomic E-state index is -0.192. The average molecular weight is 329 g/mol. The van der Waals surface area contributed by atoms with Gasteiger partial charge in [-0.3, -0.25) is 4.79 Å². The first kappa shape index (κ1) is 18.0. The van der Waals surface area contributed by atoms with E-state index in [1.807, 2.05) is 24.3 Å². The van der Waals surface area contributed by atoms with Gasteiger partial charge in [-0.2, -0.15) is 0 Å². The van der Waals surface area contributed by atoms with E-state index in [1.165, 1.54) is 18.4 Å². The van der Waals surface area contributed by atoms with Crippen molar-refractivity contribution in [3.8, 4) is 0 Å². The zero-order valence-electron chi connectivity index (χ0n) is 14.6. The molecule has 2 N–H and O–H groups in total. The number of carbonyl (C=O) groups is 2. The third-order valence-electron chi connectivity index (χ3n) is 4.17. The molecular formula is C19H27N3O2. The molecule has 1 aromatic carbocycles. The van der Waals surface area contributed by atoms with Crippen molar-refractivity contribution in [2.75, 3.05) is 26.0 Å². The Balaban J connectivity index is 1.81. The topological polar surface area (TPSA) is 61.4 Å². The van der Waals surface area contributed by atoms with Gasteiger partial charge in [0.15, 0.2) is 0 Å². The Bertz CT molecular complexity index is 608. The fourth-order valence-corrected chi connectivity index (χ4v) is 2.71. The number of nitrogens with zero attached hydrogens (tertiary/aromatic N) is 1. The van der Waals surface area contributed by atoms with Crippen LogP contribution in [0.4, 0.5) is 10.5 Å². The standard InChI is InChI=1S/C19H27N3O2/c1-22(2)18(23)12-11-15-9-6-10-17(13-15)21-19(24)20-14-16-7-4-3-5-8-16/h6-7,9-10,13H,3-5,8,11-12,14H2,1-2H3,(H2,20,21,24). The number of allylic oxidation sites excluding steroid dienone is 1. The molecule has 0 fully saturated rings. The number of amides is 3. The van der Waals surface area contributed by atoms with Gasteiger partial charge >= 0.3 is 6.03 Å². The van der Waals surface area contributed by atoms with E-state index < -0.39 is 0 Å². The molecule has 1 aromatic rings. The number of carbonyl (C=O) groups excluding carboxylic acids is 2. The monoisotopic (exact) mass is 329 g/mol. The molecule has 0 spiro atoms. The lowest BCUT2D eigenvalue weighted by Crippen LogP contribution is -2.30. The summed E-state index contributed by atoms with van der Waals surface area (Å²) >= 11 is 0. The Hall–Kier alpha value is -2.30. The van der Waals surface area contributed by atoms with Gasteiger partial charge in [-0.15, -0.1) is 0 Å². The molecule has 0 atom stereocenters. The molecule has 130 valence electrons. The van der Waals surface area contributed by atoms with Gasteiger partial charge in [0.05, 0.1) is 0 Å². The number of anilines is 1. The quantitative estimate of drug-likeness (QED) is 0.786. The number of aryl methyl sites for hydroxylation is 1. The molecule has 1 aliphatic carbocycles. The maximum atomic E-state index is 12.0. The van der Waals surface area contributed by atoms with Crippen LogP contribution >= 0.6 is 0 Å². The van der Waals surface area contributed by atoms with Crippen molar-refractivity contribution in [2.24, 2.45) is 0 Å². The molecular weight excluding hydrogens is 302 g/mol. The van der Waals surface area contributed by atoms with Crippen molar-refractivity contribution in [3.63, 3.8) is 0 Å². The van der Waals surface area contributed by atoms with E-state index >= 15 is 0 Å². The van der Waals surface area contributed by atoms with E-state index in [4.69, 9.17) is 0 Å². The summed E-state index contributed by atoms with van der Waals surface area (Å²) in [5.74, 6) is 0.104.